The Morgan fingerprint density at radius 3 is 2.71 bits per heavy atom. The fraction of sp³-hybridized carbons (Fsp3) is 0.381. The molecule has 3 rings (SSSR count). The summed E-state index contributed by atoms with van der Waals surface area (Å²) in [5.74, 6) is 1.78. The Morgan fingerprint density at radius 1 is 1.25 bits per heavy atom. The number of rotatable bonds is 6. The van der Waals surface area contributed by atoms with E-state index in [9.17, 15) is 4.79 Å². The molecule has 5 nitrogen and oxygen atoms in total. The molecule has 0 aliphatic carbocycles. The SMILES string of the molecule is COc1ccc(C)cc1[C@H](C)NC(=O)CSc1nc(C)nc2sc(C)c(C)c12. The van der Waals surface area contributed by atoms with Crippen LogP contribution >= 0.6 is 23.1 Å². The topological polar surface area (TPSA) is 64.1 Å². The van der Waals surface area contributed by atoms with E-state index in [1.54, 1.807) is 18.4 Å². The maximum atomic E-state index is 12.6. The van der Waals surface area contributed by atoms with Crippen LogP contribution in [-0.2, 0) is 4.79 Å². The predicted octanol–water partition coefficient (Wildman–Crippen LogP) is 4.90. The Bertz CT molecular complexity index is 1030. The first-order valence-electron chi connectivity index (χ1n) is 9.11. The standard InChI is InChI=1S/C21H25N3O2S2/c1-11-7-8-17(26-6)16(9-11)13(3)22-18(25)10-27-20-19-12(2)14(4)28-21(19)24-15(5)23-20/h7-9,13H,10H2,1-6H3,(H,22,25)/t13-/m0/s1. The van der Waals surface area contributed by atoms with Crippen LogP contribution in [0, 0.1) is 27.7 Å². The van der Waals surface area contributed by atoms with Gasteiger partial charge >= 0.3 is 0 Å². The van der Waals surface area contributed by atoms with Crippen molar-refractivity contribution in [2.75, 3.05) is 12.9 Å². The number of aromatic nitrogens is 2. The first kappa shape index (κ1) is 20.6. The fourth-order valence-electron chi connectivity index (χ4n) is 3.11. The van der Waals surface area contributed by atoms with Crippen molar-refractivity contribution in [3.63, 3.8) is 0 Å². The maximum Gasteiger partial charge on any atom is 0.230 e. The molecular formula is C21H25N3O2S2. The van der Waals surface area contributed by atoms with Gasteiger partial charge in [0.15, 0.2) is 0 Å². The van der Waals surface area contributed by atoms with E-state index in [-0.39, 0.29) is 11.9 Å². The summed E-state index contributed by atoms with van der Waals surface area (Å²) < 4.78 is 5.44. The number of carbonyl (C=O) groups excluding carboxylic acids is 1. The lowest BCUT2D eigenvalue weighted by molar-refractivity contribution is -0.119. The molecule has 0 bridgehead atoms. The number of thioether (sulfide) groups is 1. The third-order valence-corrected chi connectivity index (χ3v) is 6.75. The van der Waals surface area contributed by atoms with E-state index in [4.69, 9.17) is 4.74 Å². The molecule has 3 aromatic rings. The summed E-state index contributed by atoms with van der Waals surface area (Å²) in [5, 5.41) is 5.01. The molecule has 0 saturated heterocycles. The van der Waals surface area contributed by atoms with Gasteiger partial charge < -0.3 is 10.1 Å². The molecule has 1 N–H and O–H groups in total. The number of hydrogen-bond donors (Lipinski definition) is 1. The van der Waals surface area contributed by atoms with Crippen LogP contribution in [0.25, 0.3) is 10.2 Å². The second-order valence-corrected chi connectivity index (χ2v) is 9.03. The molecule has 148 valence electrons. The summed E-state index contributed by atoms with van der Waals surface area (Å²) in [6.07, 6.45) is 0. The number of methoxy groups -OCH3 is 1. The van der Waals surface area contributed by atoms with E-state index >= 15 is 0 Å². The highest BCUT2D eigenvalue weighted by atomic mass is 32.2. The van der Waals surface area contributed by atoms with Crippen LogP contribution < -0.4 is 10.1 Å². The predicted molar refractivity (Wildman–Crippen MR) is 117 cm³/mol. The number of aryl methyl sites for hydroxylation is 4. The van der Waals surface area contributed by atoms with E-state index in [1.807, 2.05) is 39.0 Å². The molecule has 1 aromatic carbocycles. The Kier molecular flexibility index (Phi) is 6.25. The van der Waals surface area contributed by atoms with Gasteiger partial charge in [-0.15, -0.1) is 11.3 Å². The van der Waals surface area contributed by atoms with Crippen molar-refractivity contribution in [3.8, 4) is 5.75 Å². The van der Waals surface area contributed by atoms with E-state index in [1.165, 1.54) is 22.2 Å². The lowest BCUT2D eigenvalue weighted by Crippen LogP contribution is -2.28. The van der Waals surface area contributed by atoms with E-state index in [2.05, 4.69) is 29.1 Å². The van der Waals surface area contributed by atoms with Crippen LogP contribution in [-0.4, -0.2) is 28.7 Å². The zero-order chi connectivity index (χ0) is 20.4. The van der Waals surface area contributed by atoms with Crippen molar-refractivity contribution >= 4 is 39.2 Å². The average Bonchev–Trinajstić information content (AvgIpc) is 2.93. The molecule has 0 saturated carbocycles. The zero-order valence-electron chi connectivity index (χ0n) is 17.0. The van der Waals surface area contributed by atoms with Gasteiger partial charge in [0, 0.05) is 15.8 Å². The molecule has 0 aliphatic rings. The van der Waals surface area contributed by atoms with Crippen molar-refractivity contribution in [1.82, 2.24) is 15.3 Å². The number of nitrogens with zero attached hydrogens (tertiary/aromatic N) is 2. The van der Waals surface area contributed by atoms with E-state index in [0.717, 1.165) is 37.9 Å². The number of carbonyl (C=O) groups is 1. The molecule has 1 atom stereocenters. The van der Waals surface area contributed by atoms with Crippen molar-refractivity contribution in [1.29, 1.82) is 0 Å². The molecule has 0 spiro atoms. The number of hydrogen-bond acceptors (Lipinski definition) is 6. The second-order valence-electron chi connectivity index (χ2n) is 6.86. The summed E-state index contributed by atoms with van der Waals surface area (Å²) in [5.41, 5.74) is 3.31. The van der Waals surface area contributed by atoms with Gasteiger partial charge in [0.25, 0.3) is 0 Å². The largest absolute Gasteiger partial charge is 0.496 e. The van der Waals surface area contributed by atoms with Crippen LogP contribution in [0.3, 0.4) is 0 Å². The van der Waals surface area contributed by atoms with Crippen molar-refractivity contribution in [2.45, 2.75) is 45.7 Å². The van der Waals surface area contributed by atoms with Crippen LogP contribution in [0.5, 0.6) is 5.75 Å². The van der Waals surface area contributed by atoms with Gasteiger partial charge in [-0.1, -0.05) is 29.5 Å². The summed E-state index contributed by atoms with van der Waals surface area (Å²) in [7, 11) is 1.65. The van der Waals surface area contributed by atoms with Gasteiger partial charge in [0.1, 0.15) is 21.4 Å². The summed E-state index contributed by atoms with van der Waals surface area (Å²) in [6, 6.07) is 5.84. The minimum absolute atomic E-state index is 0.0323. The minimum atomic E-state index is -0.139. The molecule has 2 aromatic heterocycles. The summed E-state index contributed by atoms with van der Waals surface area (Å²) in [6.45, 7) is 10.1. The van der Waals surface area contributed by atoms with Gasteiger partial charge in [-0.3, -0.25) is 4.79 Å². The number of nitrogens with one attached hydrogen (secondary N) is 1. The summed E-state index contributed by atoms with van der Waals surface area (Å²) >= 11 is 3.14. The molecule has 0 unspecified atom stereocenters. The third-order valence-electron chi connectivity index (χ3n) is 4.68. The highest BCUT2D eigenvalue weighted by molar-refractivity contribution is 8.00. The van der Waals surface area contributed by atoms with Crippen molar-refractivity contribution < 1.29 is 9.53 Å². The van der Waals surface area contributed by atoms with Crippen molar-refractivity contribution in [2.24, 2.45) is 0 Å². The van der Waals surface area contributed by atoms with Gasteiger partial charge in [-0.2, -0.15) is 0 Å². The number of ether oxygens (including phenoxy) is 1. The molecule has 1 amide bonds. The Labute approximate surface area is 173 Å². The minimum Gasteiger partial charge on any atom is -0.496 e. The van der Waals surface area contributed by atoms with Crippen LogP contribution in [0.4, 0.5) is 0 Å². The lowest BCUT2D eigenvalue weighted by Gasteiger charge is -2.18. The average molecular weight is 416 g/mol. The maximum absolute atomic E-state index is 12.6. The monoisotopic (exact) mass is 415 g/mol. The Hall–Kier alpha value is -2.12. The molecule has 0 aliphatic heterocycles. The van der Waals surface area contributed by atoms with Crippen LogP contribution in [0.1, 0.15) is 40.4 Å². The van der Waals surface area contributed by atoms with E-state index < -0.39 is 0 Å². The molecular weight excluding hydrogens is 390 g/mol. The number of thiophene rings is 1. The summed E-state index contributed by atoms with van der Waals surface area (Å²) in [4.78, 5) is 23.9. The second kappa shape index (κ2) is 8.49. The van der Waals surface area contributed by atoms with Gasteiger partial charge in [-0.05, 0) is 46.2 Å². The first-order chi connectivity index (χ1) is 13.3. The molecule has 0 radical (unpaired) electrons. The smallest absolute Gasteiger partial charge is 0.230 e. The molecule has 28 heavy (non-hydrogen) atoms. The Morgan fingerprint density at radius 2 is 2.00 bits per heavy atom. The highest BCUT2D eigenvalue weighted by Gasteiger charge is 2.17. The molecule has 0 fully saturated rings. The Balaban J connectivity index is 1.73. The van der Waals surface area contributed by atoms with Gasteiger partial charge in [0.05, 0.1) is 18.9 Å². The van der Waals surface area contributed by atoms with Crippen molar-refractivity contribution in [3.05, 3.63) is 45.6 Å². The zero-order valence-corrected chi connectivity index (χ0v) is 18.7. The number of amides is 1. The van der Waals surface area contributed by atoms with E-state index in [0.29, 0.717) is 5.75 Å². The lowest BCUT2D eigenvalue weighted by atomic mass is 10.0. The first-order valence-corrected chi connectivity index (χ1v) is 10.9. The molecule has 2 heterocycles. The highest BCUT2D eigenvalue weighted by Crippen LogP contribution is 2.35. The van der Waals surface area contributed by atoms with Crippen LogP contribution in [0.2, 0.25) is 0 Å². The third kappa shape index (κ3) is 4.31. The molecule has 7 heteroatoms. The van der Waals surface area contributed by atoms with Crippen LogP contribution in [0.15, 0.2) is 23.2 Å². The fourth-order valence-corrected chi connectivity index (χ4v) is 5.19. The normalized spacial score (nSPS) is 12.2. The number of fused-ring (bicyclic) bond motifs is 1. The quantitative estimate of drug-likeness (QED) is 0.458. The number of benzene rings is 1. The van der Waals surface area contributed by atoms with Gasteiger partial charge in [0.2, 0.25) is 5.91 Å². The van der Waals surface area contributed by atoms with Gasteiger partial charge in [-0.25, -0.2) is 9.97 Å².